The van der Waals surface area contributed by atoms with Gasteiger partial charge in [0, 0.05) is 50.4 Å². The third-order valence-electron chi connectivity index (χ3n) is 7.98. The van der Waals surface area contributed by atoms with Gasteiger partial charge >= 0.3 is 0 Å². The highest BCUT2D eigenvalue weighted by molar-refractivity contribution is 5.85. The molecule has 1 saturated heterocycles. The molecule has 2 aliphatic rings. The van der Waals surface area contributed by atoms with Crippen LogP contribution in [0.25, 0.3) is 33.7 Å². The normalized spacial score (nSPS) is 17.5. The van der Waals surface area contributed by atoms with Crippen molar-refractivity contribution in [3.63, 3.8) is 0 Å². The van der Waals surface area contributed by atoms with Gasteiger partial charge in [-0.15, -0.1) is 0 Å². The second kappa shape index (κ2) is 9.84. The van der Waals surface area contributed by atoms with E-state index in [9.17, 15) is 0 Å². The van der Waals surface area contributed by atoms with Gasteiger partial charge in [-0.3, -0.25) is 4.90 Å². The number of anilines is 1. The third kappa shape index (κ3) is 5.09. The smallest absolute Gasteiger partial charge is 0.180 e. The minimum Gasteiger partial charge on any atom is -0.354 e. The van der Waals surface area contributed by atoms with E-state index >= 15 is 0 Å². The lowest BCUT2D eigenvalue weighted by Gasteiger charge is -2.35. The van der Waals surface area contributed by atoms with Crippen LogP contribution in [-0.4, -0.2) is 78.1 Å². The van der Waals surface area contributed by atoms with Crippen molar-refractivity contribution in [1.29, 1.82) is 0 Å². The number of benzene rings is 2. The van der Waals surface area contributed by atoms with Crippen LogP contribution in [0.15, 0.2) is 66.7 Å². The van der Waals surface area contributed by atoms with Crippen LogP contribution in [0.5, 0.6) is 0 Å². The van der Waals surface area contributed by atoms with Crippen LogP contribution in [0, 0.1) is 0 Å². The van der Waals surface area contributed by atoms with Crippen molar-refractivity contribution in [2.75, 3.05) is 58.3 Å². The van der Waals surface area contributed by atoms with Crippen LogP contribution >= 0.6 is 0 Å². The predicted molar refractivity (Wildman–Crippen MR) is 152 cm³/mol. The molecular weight excluding hydrogens is 456 g/mol. The quantitative estimate of drug-likeness (QED) is 0.358. The van der Waals surface area contributed by atoms with Gasteiger partial charge in [-0.05, 0) is 50.0 Å². The van der Waals surface area contributed by atoms with Gasteiger partial charge in [0.25, 0.3) is 0 Å². The first-order valence-corrected chi connectivity index (χ1v) is 13.5. The van der Waals surface area contributed by atoms with Crippen molar-refractivity contribution in [2.24, 2.45) is 0 Å². The Kier molecular flexibility index (Phi) is 6.39. The summed E-state index contributed by atoms with van der Waals surface area (Å²) < 4.78 is 0. The fourth-order valence-corrected chi connectivity index (χ4v) is 5.16. The van der Waals surface area contributed by atoms with Crippen LogP contribution < -0.4 is 4.90 Å². The molecule has 0 amide bonds. The molecule has 0 atom stereocenters. The number of piperazine rings is 1. The summed E-state index contributed by atoms with van der Waals surface area (Å²) in [6, 6.07) is 23.5. The summed E-state index contributed by atoms with van der Waals surface area (Å²) in [4.78, 5) is 22.4. The maximum atomic E-state index is 5.13. The van der Waals surface area contributed by atoms with E-state index in [1.807, 2.05) is 6.07 Å². The Bertz CT molecular complexity index is 1370. The van der Waals surface area contributed by atoms with Crippen LogP contribution in [0.3, 0.4) is 0 Å². The number of fused-ring (bicyclic) bond motifs is 1. The Morgan fingerprint density at radius 3 is 2.11 bits per heavy atom. The van der Waals surface area contributed by atoms with Crippen molar-refractivity contribution in [2.45, 2.75) is 25.2 Å². The van der Waals surface area contributed by atoms with E-state index in [-0.39, 0.29) is 0 Å². The van der Waals surface area contributed by atoms with Crippen LogP contribution in [0.1, 0.15) is 25.3 Å². The first-order chi connectivity index (χ1) is 18.0. The molecule has 0 unspecified atom stereocenters. The molecule has 37 heavy (non-hydrogen) atoms. The maximum absolute atomic E-state index is 5.13. The van der Waals surface area contributed by atoms with E-state index in [1.54, 1.807) is 0 Å². The van der Waals surface area contributed by atoms with Crippen LogP contribution in [0.4, 0.5) is 5.82 Å². The zero-order valence-electron chi connectivity index (χ0n) is 22.2. The first kappa shape index (κ1) is 24.0. The van der Waals surface area contributed by atoms with E-state index in [0.29, 0.717) is 11.1 Å². The molecule has 190 valence electrons. The molecule has 2 aromatic carbocycles. The average Bonchev–Trinajstić information content (AvgIpc) is 3.70. The molecule has 0 N–H and O–H groups in total. The van der Waals surface area contributed by atoms with Crippen molar-refractivity contribution < 1.29 is 0 Å². The highest BCUT2D eigenvalue weighted by Gasteiger charge is 2.38. The summed E-state index contributed by atoms with van der Waals surface area (Å²) in [6.45, 7) is 8.63. The fraction of sp³-hybridized carbons (Fsp3) is 0.387. The molecule has 0 radical (unpaired) electrons. The minimum absolute atomic E-state index is 0.350. The molecular formula is C31H36N6. The Labute approximate surface area is 220 Å². The Hall–Kier alpha value is -3.35. The van der Waals surface area contributed by atoms with E-state index in [1.165, 1.54) is 18.4 Å². The monoisotopic (exact) mass is 492 g/mol. The van der Waals surface area contributed by atoms with Gasteiger partial charge in [-0.2, -0.15) is 0 Å². The fourth-order valence-electron chi connectivity index (χ4n) is 5.16. The number of hydrogen-bond donors (Lipinski definition) is 0. The molecule has 3 heterocycles. The lowest BCUT2D eigenvalue weighted by atomic mass is 9.95. The van der Waals surface area contributed by atoms with Crippen LogP contribution in [0.2, 0.25) is 0 Å². The van der Waals surface area contributed by atoms with E-state index in [4.69, 9.17) is 15.0 Å². The summed E-state index contributed by atoms with van der Waals surface area (Å²) in [5.41, 5.74) is 7.26. The van der Waals surface area contributed by atoms with Crippen molar-refractivity contribution >= 4 is 17.0 Å². The van der Waals surface area contributed by atoms with Gasteiger partial charge in [-0.1, -0.05) is 61.5 Å². The second-order valence-electron chi connectivity index (χ2n) is 11.1. The topological polar surface area (TPSA) is 48.4 Å². The van der Waals surface area contributed by atoms with Crippen molar-refractivity contribution in [3.8, 4) is 22.5 Å². The highest BCUT2D eigenvalue weighted by Crippen LogP contribution is 2.47. The van der Waals surface area contributed by atoms with E-state index in [0.717, 1.165) is 73.1 Å². The third-order valence-corrected chi connectivity index (χ3v) is 7.98. The summed E-state index contributed by atoms with van der Waals surface area (Å²) in [7, 11) is 4.27. The molecule has 1 aliphatic carbocycles. The average molecular weight is 493 g/mol. The largest absolute Gasteiger partial charge is 0.354 e. The molecule has 1 saturated carbocycles. The summed E-state index contributed by atoms with van der Waals surface area (Å²) in [6.07, 6.45) is 2.54. The molecule has 6 rings (SSSR count). The Morgan fingerprint density at radius 2 is 1.43 bits per heavy atom. The SMILES string of the molecule is CN(C)CCN1CCN(c2ccc3nc(-c4ccccc4)c(-c4ccc(C5(C)CC5)cc4)nc3n2)CC1. The summed E-state index contributed by atoms with van der Waals surface area (Å²) in [5, 5.41) is 0. The minimum atomic E-state index is 0.350. The summed E-state index contributed by atoms with van der Waals surface area (Å²) >= 11 is 0. The van der Waals surface area contributed by atoms with Crippen molar-refractivity contribution in [1.82, 2.24) is 24.8 Å². The van der Waals surface area contributed by atoms with Gasteiger partial charge in [-0.25, -0.2) is 15.0 Å². The molecule has 1 aliphatic heterocycles. The lowest BCUT2D eigenvalue weighted by Crippen LogP contribution is -2.48. The Morgan fingerprint density at radius 1 is 0.757 bits per heavy atom. The highest BCUT2D eigenvalue weighted by atomic mass is 15.3. The molecule has 2 aromatic heterocycles. The second-order valence-corrected chi connectivity index (χ2v) is 11.1. The zero-order valence-corrected chi connectivity index (χ0v) is 22.2. The number of pyridine rings is 1. The van der Waals surface area contributed by atoms with Gasteiger partial charge < -0.3 is 9.80 Å². The standard InChI is InChI=1S/C31H36N6/c1-31(15-16-31)25-11-9-24(10-12-25)29-28(23-7-5-4-6-8-23)32-26-13-14-27(33-30(26)34-29)37-21-19-36(20-22-37)18-17-35(2)3/h4-14H,15-22H2,1-3H3. The molecule has 4 aromatic rings. The number of aromatic nitrogens is 3. The number of nitrogens with zero attached hydrogens (tertiary/aromatic N) is 6. The van der Waals surface area contributed by atoms with E-state index in [2.05, 4.69) is 96.4 Å². The van der Waals surface area contributed by atoms with Gasteiger partial charge in [0.2, 0.25) is 0 Å². The number of likely N-dealkylation sites (N-methyl/N-ethyl adjacent to an activating group) is 1. The Balaban J connectivity index is 1.33. The van der Waals surface area contributed by atoms with Crippen molar-refractivity contribution in [3.05, 3.63) is 72.3 Å². The van der Waals surface area contributed by atoms with Crippen LogP contribution in [-0.2, 0) is 5.41 Å². The van der Waals surface area contributed by atoms with Gasteiger partial charge in [0.15, 0.2) is 5.65 Å². The predicted octanol–water partition coefficient (Wildman–Crippen LogP) is 5.09. The van der Waals surface area contributed by atoms with Gasteiger partial charge in [0.1, 0.15) is 11.3 Å². The lowest BCUT2D eigenvalue weighted by molar-refractivity contribution is 0.229. The van der Waals surface area contributed by atoms with E-state index < -0.39 is 0 Å². The molecule has 6 nitrogen and oxygen atoms in total. The molecule has 0 spiro atoms. The molecule has 6 heteroatoms. The molecule has 0 bridgehead atoms. The molecule has 2 fully saturated rings. The summed E-state index contributed by atoms with van der Waals surface area (Å²) in [5.74, 6) is 0.990. The number of hydrogen-bond acceptors (Lipinski definition) is 6. The van der Waals surface area contributed by atoms with Gasteiger partial charge in [0.05, 0.1) is 11.4 Å². The number of rotatable bonds is 7. The maximum Gasteiger partial charge on any atom is 0.180 e. The zero-order chi connectivity index (χ0) is 25.4. The first-order valence-electron chi connectivity index (χ1n) is 13.5.